The van der Waals surface area contributed by atoms with Crippen molar-refractivity contribution in [1.29, 1.82) is 0 Å². The Labute approximate surface area is 115 Å². The molecule has 0 atom stereocenters. The molecule has 0 radical (unpaired) electrons. The van der Waals surface area contributed by atoms with Crippen molar-refractivity contribution in [1.82, 2.24) is 4.90 Å². The number of carbonyl (C=O) groups is 1. The number of carboxylic acids is 1. The van der Waals surface area contributed by atoms with E-state index < -0.39 is 5.97 Å². The summed E-state index contributed by atoms with van der Waals surface area (Å²) >= 11 is 0. The monoisotopic (exact) mass is 267 g/mol. The second kappa shape index (κ2) is 7.34. The summed E-state index contributed by atoms with van der Waals surface area (Å²) in [6.45, 7) is 10.1. The van der Waals surface area contributed by atoms with Crippen LogP contribution in [0.15, 0.2) is 10.5 Å². The fraction of sp³-hybridized carbons (Fsp3) is 0.667. The van der Waals surface area contributed by atoms with Crippen molar-refractivity contribution in [2.45, 2.75) is 59.5 Å². The van der Waals surface area contributed by atoms with Crippen molar-refractivity contribution in [2.24, 2.45) is 0 Å². The van der Waals surface area contributed by atoms with E-state index >= 15 is 0 Å². The van der Waals surface area contributed by atoms with Gasteiger partial charge in [-0.3, -0.25) is 4.90 Å². The molecular formula is C15H25NO3. The zero-order chi connectivity index (χ0) is 14.4. The first-order chi connectivity index (χ1) is 8.95. The van der Waals surface area contributed by atoms with Crippen LogP contribution in [0.4, 0.5) is 0 Å². The van der Waals surface area contributed by atoms with Crippen LogP contribution in [0.2, 0.25) is 0 Å². The Bertz CT molecular complexity index is 410. The molecule has 1 heterocycles. The van der Waals surface area contributed by atoms with Crippen LogP contribution in [-0.4, -0.2) is 28.6 Å². The van der Waals surface area contributed by atoms with Gasteiger partial charge in [-0.2, -0.15) is 0 Å². The van der Waals surface area contributed by atoms with Crippen LogP contribution in [0.3, 0.4) is 0 Å². The lowest BCUT2D eigenvalue weighted by Crippen LogP contribution is -2.31. The molecule has 0 aliphatic heterocycles. The van der Waals surface area contributed by atoms with Crippen LogP contribution in [0.1, 0.15) is 61.9 Å². The first kappa shape index (κ1) is 15.8. The third kappa shape index (κ3) is 4.71. The summed E-state index contributed by atoms with van der Waals surface area (Å²) in [5.41, 5.74) is 0.975. The smallest absolute Gasteiger partial charge is 0.371 e. The summed E-state index contributed by atoms with van der Waals surface area (Å²) in [4.78, 5) is 13.2. The fourth-order valence-corrected chi connectivity index (χ4v) is 2.09. The first-order valence-electron chi connectivity index (χ1n) is 7.02. The van der Waals surface area contributed by atoms with Crippen molar-refractivity contribution < 1.29 is 14.3 Å². The minimum Gasteiger partial charge on any atom is -0.475 e. The van der Waals surface area contributed by atoms with E-state index in [9.17, 15) is 4.79 Å². The van der Waals surface area contributed by atoms with Gasteiger partial charge in [0.25, 0.3) is 0 Å². The fourth-order valence-electron chi connectivity index (χ4n) is 2.09. The van der Waals surface area contributed by atoms with E-state index in [1.165, 1.54) is 19.3 Å². The highest BCUT2D eigenvalue weighted by Gasteiger charge is 2.17. The van der Waals surface area contributed by atoms with Gasteiger partial charge in [0.15, 0.2) is 0 Å². The number of nitrogens with zero attached hydrogens (tertiary/aromatic N) is 1. The van der Waals surface area contributed by atoms with Gasteiger partial charge < -0.3 is 9.52 Å². The van der Waals surface area contributed by atoms with Gasteiger partial charge in [-0.05, 0) is 39.8 Å². The second-order valence-corrected chi connectivity index (χ2v) is 5.27. The number of hydrogen-bond donors (Lipinski definition) is 1. The maximum absolute atomic E-state index is 10.9. The van der Waals surface area contributed by atoms with E-state index in [4.69, 9.17) is 9.52 Å². The molecule has 0 saturated heterocycles. The van der Waals surface area contributed by atoms with Crippen LogP contribution in [0.25, 0.3) is 0 Å². The predicted molar refractivity (Wildman–Crippen MR) is 75.5 cm³/mol. The van der Waals surface area contributed by atoms with Crippen molar-refractivity contribution in [3.63, 3.8) is 0 Å². The first-order valence-corrected chi connectivity index (χ1v) is 7.02. The van der Waals surface area contributed by atoms with E-state index in [-0.39, 0.29) is 5.76 Å². The van der Waals surface area contributed by atoms with Crippen molar-refractivity contribution in [2.75, 3.05) is 6.54 Å². The van der Waals surface area contributed by atoms with Gasteiger partial charge in [-0.1, -0.05) is 19.8 Å². The number of aromatic carboxylic acids is 1. The molecule has 0 saturated carbocycles. The molecule has 0 aromatic carbocycles. The molecule has 4 heteroatoms. The Morgan fingerprint density at radius 1 is 1.42 bits per heavy atom. The minimum absolute atomic E-state index is 0.0322. The second-order valence-electron chi connectivity index (χ2n) is 5.27. The van der Waals surface area contributed by atoms with Crippen LogP contribution in [0.5, 0.6) is 0 Å². The summed E-state index contributed by atoms with van der Waals surface area (Å²) < 4.78 is 5.26. The molecule has 4 nitrogen and oxygen atoms in total. The number of rotatable bonds is 8. The molecule has 0 aliphatic carbocycles. The SMILES string of the molecule is CCCCCN(Cc1cc(C(=O)O)oc1C)C(C)C. The number of hydrogen-bond acceptors (Lipinski definition) is 3. The molecule has 0 aliphatic rings. The maximum Gasteiger partial charge on any atom is 0.371 e. The molecule has 1 aromatic rings. The molecular weight excluding hydrogens is 242 g/mol. The van der Waals surface area contributed by atoms with Crippen molar-refractivity contribution in [3.8, 4) is 0 Å². The topological polar surface area (TPSA) is 53.7 Å². The number of unbranched alkanes of at least 4 members (excludes halogenated alkanes) is 2. The van der Waals surface area contributed by atoms with Crippen LogP contribution >= 0.6 is 0 Å². The largest absolute Gasteiger partial charge is 0.475 e. The Balaban J connectivity index is 2.70. The molecule has 1 rings (SSSR count). The summed E-state index contributed by atoms with van der Waals surface area (Å²) in [7, 11) is 0. The third-order valence-electron chi connectivity index (χ3n) is 3.38. The highest BCUT2D eigenvalue weighted by Crippen LogP contribution is 2.18. The molecule has 0 amide bonds. The van der Waals surface area contributed by atoms with Crippen LogP contribution < -0.4 is 0 Å². The average Bonchev–Trinajstić information content (AvgIpc) is 2.70. The highest BCUT2D eigenvalue weighted by atomic mass is 16.4. The maximum atomic E-state index is 10.9. The number of furan rings is 1. The third-order valence-corrected chi connectivity index (χ3v) is 3.38. The molecule has 1 aromatic heterocycles. The van der Waals surface area contributed by atoms with E-state index in [1.54, 1.807) is 6.07 Å². The summed E-state index contributed by atoms with van der Waals surface area (Å²) in [5, 5.41) is 8.93. The van der Waals surface area contributed by atoms with E-state index in [2.05, 4.69) is 25.7 Å². The Hall–Kier alpha value is -1.29. The van der Waals surface area contributed by atoms with Crippen molar-refractivity contribution in [3.05, 3.63) is 23.2 Å². The zero-order valence-corrected chi connectivity index (χ0v) is 12.4. The summed E-state index contributed by atoms with van der Waals surface area (Å²) in [6.07, 6.45) is 3.62. The quantitative estimate of drug-likeness (QED) is 0.730. The van der Waals surface area contributed by atoms with E-state index in [0.29, 0.717) is 11.8 Å². The van der Waals surface area contributed by atoms with E-state index in [1.807, 2.05) is 6.92 Å². The molecule has 0 fully saturated rings. The van der Waals surface area contributed by atoms with Crippen molar-refractivity contribution >= 4 is 5.97 Å². The molecule has 0 bridgehead atoms. The molecule has 1 N–H and O–H groups in total. The number of carboxylic acid groups (broad SMARTS) is 1. The number of aryl methyl sites for hydroxylation is 1. The summed E-state index contributed by atoms with van der Waals surface area (Å²) in [5.74, 6) is -0.264. The van der Waals surface area contributed by atoms with Gasteiger partial charge in [0.05, 0.1) is 0 Å². The van der Waals surface area contributed by atoms with Gasteiger partial charge in [-0.15, -0.1) is 0 Å². The normalized spacial score (nSPS) is 11.5. The van der Waals surface area contributed by atoms with Gasteiger partial charge >= 0.3 is 5.97 Å². The zero-order valence-electron chi connectivity index (χ0n) is 12.4. The Kier molecular flexibility index (Phi) is 6.09. The van der Waals surface area contributed by atoms with Gasteiger partial charge in [0, 0.05) is 18.2 Å². The Morgan fingerprint density at radius 2 is 2.11 bits per heavy atom. The van der Waals surface area contributed by atoms with Gasteiger partial charge in [-0.25, -0.2) is 4.79 Å². The lowest BCUT2D eigenvalue weighted by Gasteiger charge is -2.26. The van der Waals surface area contributed by atoms with Gasteiger partial charge in [0.2, 0.25) is 5.76 Å². The summed E-state index contributed by atoms with van der Waals surface area (Å²) in [6, 6.07) is 2.09. The minimum atomic E-state index is -1.00. The standard InChI is InChI=1S/C15H25NO3/c1-5-6-7-8-16(11(2)3)10-13-9-14(15(17)18)19-12(13)4/h9,11H,5-8,10H2,1-4H3,(H,17,18). The highest BCUT2D eigenvalue weighted by molar-refractivity contribution is 5.84. The van der Waals surface area contributed by atoms with Crippen LogP contribution in [-0.2, 0) is 6.54 Å². The van der Waals surface area contributed by atoms with Crippen LogP contribution in [0, 0.1) is 6.92 Å². The van der Waals surface area contributed by atoms with E-state index in [0.717, 1.165) is 18.7 Å². The van der Waals surface area contributed by atoms with Gasteiger partial charge in [0.1, 0.15) is 5.76 Å². The molecule has 0 spiro atoms. The lowest BCUT2D eigenvalue weighted by molar-refractivity contribution is 0.0661. The molecule has 0 unspecified atom stereocenters. The average molecular weight is 267 g/mol. The predicted octanol–water partition coefficient (Wildman–Crippen LogP) is 3.69. The Morgan fingerprint density at radius 3 is 2.58 bits per heavy atom. The molecule has 108 valence electrons. The molecule has 19 heavy (non-hydrogen) atoms. The lowest BCUT2D eigenvalue weighted by atomic mass is 10.1.